The van der Waals surface area contributed by atoms with Crippen LogP contribution in [0.25, 0.3) is 0 Å². The maximum absolute atomic E-state index is 13.8. The van der Waals surface area contributed by atoms with Crippen LogP contribution >= 0.6 is 23.2 Å². The molecule has 3 atom stereocenters. The number of halogens is 2. The Balaban J connectivity index is 2.42. The number of amides is 2. The van der Waals surface area contributed by atoms with Crippen LogP contribution in [0.5, 0.6) is 5.75 Å². The topological polar surface area (TPSA) is 167 Å². The number of carbonyl (C=O) groups is 6. The van der Waals surface area contributed by atoms with Crippen LogP contribution in [-0.2, 0) is 30.4 Å². The number of ketones is 2. The van der Waals surface area contributed by atoms with Crippen molar-refractivity contribution in [3.8, 4) is 5.75 Å². The van der Waals surface area contributed by atoms with Gasteiger partial charge < -0.3 is 25.6 Å². The summed E-state index contributed by atoms with van der Waals surface area (Å²) in [5, 5.41) is 23.3. The van der Waals surface area contributed by atoms with Gasteiger partial charge in [0.2, 0.25) is 5.91 Å². The smallest absolute Gasteiger partial charge is 0.305 e. The van der Waals surface area contributed by atoms with Gasteiger partial charge in [-0.15, -0.1) is 0 Å². The number of rotatable bonds is 14. The van der Waals surface area contributed by atoms with Crippen molar-refractivity contribution in [3.05, 3.63) is 63.1 Å². The molecule has 0 aliphatic heterocycles. The molecule has 10 nitrogen and oxygen atoms in total. The van der Waals surface area contributed by atoms with Gasteiger partial charge in [0.25, 0.3) is 5.91 Å². The lowest BCUT2D eigenvalue weighted by Gasteiger charge is -2.25. The Morgan fingerprint density at radius 1 is 1.00 bits per heavy atom. The average Bonchev–Trinajstić information content (AvgIpc) is 2.87. The van der Waals surface area contributed by atoms with E-state index in [1.807, 2.05) is 0 Å². The maximum atomic E-state index is 13.8. The summed E-state index contributed by atoms with van der Waals surface area (Å²) in [6.07, 6.45) is -0.699. The second kappa shape index (κ2) is 14.4. The average molecular weight is 579 g/mol. The molecule has 0 saturated heterocycles. The van der Waals surface area contributed by atoms with Gasteiger partial charge in [0.1, 0.15) is 12.1 Å². The van der Waals surface area contributed by atoms with E-state index in [4.69, 9.17) is 28.3 Å². The molecule has 12 heteroatoms. The van der Waals surface area contributed by atoms with Gasteiger partial charge >= 0.3 is 5.97 Å². The fourth-order valence-electron chi connectivity index (χ4n) is 3.99. The number of benzene rings is 2. The third kappa shape index (κ3) is 8.90. The van der Waals surface area contributed by atoms with Crippen LogP contribution < -0.4 is 10.6 Å². The van der Waals surface area contributed by atoms with Crippen LogP contribution in [0.3, 0.4) is 0 Å². The summed E-state index contributed by atoms with van der Waals surface area (Å²) < 4.78 is 0. The van der Waals surface area contributed by atoms with E-state index in [0.29, 0.717) is 11.1 Å². The molecule has 208 valence electrons. The lowest BCUT2D eigenvalue weighted by Crippen LogP contribution is -2.44. The number of carbonyl (C=O) groups excluding carboxylic acids is 5. The number of aromatic hydroxyl groups is 1. The minimum absolute atomic E-state index is 0.00872. The number of hydrogen-bond donors (Lipinski definition) is 4. The van der Waals surface area contributed by atoms with Crippen LogP contribution in [-0.4, -0.2) is 57.9 Å². The summed E-state index contributed by atoms with van der Waals surface area (Å²) in [4.78, 5) is 73.7. The summed E-state index contributed by atoms with van der Waals surface area (Å²) in [5.41, 5.74) is 0.881. The first kappa shape index (κ1) is 31.5. The van der Waals surface area contributed by atoms with E-state index in [-0.39, 0.29) is 40.5 Å². The normalized spacial score (nSPS) is 13.0. The summed E-state index contributed by atoms with van der Waals surface area (Å²) >= 11 is 11.8. The molecule has 0 saturated carbocycles. The first-order chi connectivity index (χ1) is 18.4. The number of carboxylic acid groups (broad SMARTS) is 1. The first-order valence-corrected chi connectivity index (χ1v) is 12.7. The van der Waals surface area contributed by atoms with E-state index in [1.165, 1.54) is 19.1 Å². The molecule has 0 aliphatic carbocycles. The minimum Gasteiger partial charge on any atom is -0.505 e. The molecule has 39 heavy (non-hydrogen) atoms. The maximum Gasteiger partial charge on any atom is 0.305 e. The van der Waals surface area contributed by atoms with Crippen molar-refractivity contribution in [2.24, 2.45) is 0 Å². The molecule has 2 aromatic carbocycles. The Morgan fingerprint density at radius 2 is 1.62 bits per heavy atom. The van der Waals surface area contributed by atoms with Crippen molar-refractivity contribution in [1.82, 2.24) is 10.6 Å². The van der Waals surface area contributed by atoms with E-state index in [0.717, 1.165) is 0 Å². The van der Waals surface area contributed by atoms with E-state index in [2.05, 4.69) is 10.6 Å². The third-order valence-corrected chi connectivity index (χ3v) is 6.42. The van der Waals surface area contributed by atoms with E-state index >= 15 is 0 Å². The molecule has 4 N–H and O–H groups in total. The van der Waals surface area contributed by atoms with Crippen molar-refractivity contribution >= 4 is 58.8 Å². The Bertz CT molecular complexity index is 1260. The standard InChI is InChI=1S/C27H28Cl2N2O8/c1-3-22(31-27(39)16-9-20(28)26(38)21(29)10-16)25(37)19(12-23(34)30-17(13-32)11-24(35)36)18-7-5-4-6-15(18)8-14(2)33/h4-7,9-10,13,17,19,22,38H,3,8,11-12H2,1-2H3,(H,30,34)(H,31,39)(H,35,36)/t17-,19?,22-/m0/s1. The highest BCUT2D eigenvalue weighted by atomic mass is 35.5. The van der Waals surface area contributed by atoms with Gasteiger partial charge in [-0.25, -0.2) is 0 Å². The highest BCUT2D eigenvalue weighted by molar-refractivity contribution is 6.37. The summed E-state index contributed by atoms with van der Waals surface area (Å²) in [6.45, 7) is 3.03. The molecule has 0 bridgehead atoms. The van der Waals surface area contributed by atoms with Crippen molar-refractivity contribution in [3.63, 3.8) is 0 Å². The van der Waals surface area contributed by atoms with Gasteiger partial charge in [-0.3, -0.25) is 24.0 Å². The number of Topliss-reactive ketones (excluding diaryl/α,β-unsaturated/α-hetero) is 2. The van der Waals surface area contributed by atoms with Gasteiger partial charge in [-0.2, -0.15) is 0 Å². The second-order valence-electron chi connectivity index (χ2n) is 8.87. The van der Waals surface area contributed by atoms with E-state index < -0.39 is 60.2 Å². The number of phenolic OH excluding ortho intramolecular Hbond substituents is 1. The molecule has 2 amide bonds. The molecule has 2 aromatic rings. The third-order valence-electron chi connectivity index (χ3n) is 5.84. The highest BCUT2D eigenvalue weighted by Gasteiger charge is 2.32. The number of nitrogens with one attached hydrogen (secondary N) is 2. The number of aliphatic carboxylic acids is 1. The van der Waals surface area contributed by atoms with Crippen LogP contribution in [0.4, 0.5) is 0 Å². The first-order valence-electron chi connectivity index (χ1n) is 11.9. The zero-order chi connectivity index (χ0) is 29.3. The fraction of sp³-hybridized carbons (Fsp3) is 0.333. The summed E-state index contributed by atoms with van der Waals surface area (Å²) in [7, 11) is 0. The summed E-state index contributed by atoms with van der Waals surface area (Å²) in [5.74, 6) is -5.03. The zero-order valence-electron chi connectivity index (χ0n) is 21.2. The molecular weight excluding hydrogens is 551 g/mol. The zero-order valence-corrected chi connectivity index (χ0v) is 22.7. The molecule has 0 aromatic heterocycles. The quantitative estimate of drug-likeness (QED) is 0.248. The van der Waals surface area contributed by atoms with E-state index in [9.17, 15) is 33.9 Å². The second-order valence-corrected chi connectivity index (χ2v) is 9.68. The molecular formula is C27H28Cl2N2O8. The molecule has 0 aliphatic rings. The predicted octanol–water partition coefficient (Wildman–Crippen LogP) is 3.24. The lowest BCUT2D eigenvalue weighted by molar-refractivity contribution is -0.139. The number of phenols is 1. The number of hydrogen-bond acceptors (Lipinski definition) is 7. The van der Waals surface area contributed by atoms with Gasteiger partial charge in [0.05, 0.1) is 34.5 Å². The van der Waals surface area contributed by atoms with Crippen LogP contribution in [0.1, 0.15) is 60.5 Å². The molecule has 0 spiro atoms. The van der Waals surface area contributed by atoms with Crippen molar-refractivity contribution in [2.75, 3.05) is 0 Å². The Morgan fingerprint density at radius 3 is 2.15 bits per heavy atom. The molecule has 0 radical (unpaired) electrons. The number of aldehydes is 1. The molecule has 2 rings (SSSR count). The summed E-state index contributed by atoms with van der Waals surface area (Å²) in [6, 6.07) is 6.53. The predicted molar refractivity (Wildman–Crippen MR) is 143 cm³/mol. The molecule has 0 heterocycles. The Labute approximate surface area is 234 Å². The number of carboxylic acids is 1. The van der Waals surface area contributed by atoms with Crippen molar-refractivity contribution < 1.29 is 39.0 Å². The minimum atomic E-state index is -1.30. The lowest BCUT2D eigenvalue weighted by atomic mass is 9.83. The van der Waals surface area contributed by atoms with Crippen LogP contribution in [0.15, 0.2) is 36.4 Å². The Kier molecular flexibility index (Phi) is 11.6. The largest absolute Gasteiger partial charge is 0.505 e. The fourth-order valence-corrected chi connectivity index (χ4v) is 4.48. The molecule has 0 fully saturated rings. The van der Waals surface area contributed by atoms with Crippen molar-refractivity contribution in [2.45, 2.75) is 57.5 Å². The SMILES string of the molecule is CC[C@H](NC(=O)c1cc(Cl)c(O)c(Cl)c1)C(=O)C(CC(=O)N[C@H](C=O)CC(=O)O)c1ccccc1CC(C)=O. The van der Waals surface area contributed by atoms with Crippen LogP contribution in [0, 0.1) is 0 Å². The highest BCUT2D eigenvalue weighted by Crippen LogP contribution is 2.33. The Hall–Kier alpha value is -3.76. The van der Waals surface area contributed by atoms with E-state index in [1.54, 1.807) is 31.2 Å². The van der Waals surface area contributed by atoms with Gasteiger partial charge in [0.15, 0.2) is 11.5 Å². The van der Waals surface area contributed by atoms with Gasteiger partial charge in [-0.05, 0) is 36.6 Å². The van der Waals surface area contributed by atoms with Crippen molar-refractivity contribution in [1.29, 1.82) is 0 Å². The molecule has 1 unspecified atom stereocenters. The van der Waals surface area contributed by atoms with Crippen LogP contribution in [0.2, 0.25) is 10.0 Å². The van der Waals surface area contributed by atoms with Gasteiger partial charge in [0, 0.05) is 18.4 Å². The monoisotopic (exact) mass is 578 g/mol. The van der Waals surface area contributed by atoms with Gasteiger partial charge in [-0.1, -0.05) is 54.4 Å².